The fourth-order valence-electron chi connectivity index (χ4n) is 2.76. The van der Waals surface area contributed by atoms with Gasteiger partial charge in [0.05, 0.1) is 5.69 Å². The number of halogens is 2. The fourth-order valence-corrected chi connectivity index (χ4v) is 3.03. The van der Waals surface area contributed by atoms with Crippen LogP contribution in [0.25, 0.3) is 11.5 Å². The summed E-state index contributed by atoms with van der Waals surface area (Å²) in [5.41, 5.74) is 7.52. The Bertz CT molecular complexity index is 911. The van der Waals surface area contributed by atoms with Crippen molar-refractivity contribution in [2.24, 2.45) is 5.73 Å². The molecule has 0 aliphatic rings. The van der Waals surface area contributed by atoms with Crippen LogP contribution in [0.1, 0.15) is 17.3 Å². The molecule has 1 aromatic heterocycles. The van der Waals surface area contributed by atoms with Crippen LogP contribution in [-0.2, 0) is 11.3 Å². The van der Waals surface area contributed by atoms with E-state index in [-0.39, 0.29) is 0 Å². The van der Waals surface area contributed by atoms with Crippen molar-refractivity contribution in [3.63, 3.8) is 0 Å². The second-order valence-corrected chi connectivity index (χ2v) is 6.84. The minimum absolute atomic E-state index is 0.324. The molecule has 3 aromatic rings. The van der Waals surface area contributed by atoms with E-state index in [9.17, 15) is 9.18 Å². The first kappa shape index (κ1) is 18.3. The number of benzene rings is 2. The third kappa shape index (κ3) is 4.17. The van der Waals surface area contributed by atoms with Crippen molar-refractivity contribution in [3.8, 4) is 11.5 Å². The molecule has 5 nitrogen and oxygen atoms in total. The van der Waals surface area contributed by atoms with Crippen LogP contribution < -0.4 is 5.73 Å². The van der Waals surface area contributed by atoms with E-state index in [1.54, 1.807) is 24.1 Å². The number of likely N-dealkylation sites (N-methyl/N-ethyl adjacent to an activating group) is 1. The van der Waals surface area contributed by atoms with Gasteiger partial charge in [0.2, 0.25) is 11.8 Å². The van der Waals surface area contributed by atoms with Gasteiger partial charge in [0.1, 0.15) is 18.1 Å². The number of hydrogen-bond acceptors (Lipinski definition) is 4. The van der Waals surface area contributed by atoms with Gasteiger partial charge in [0, 0.05) is 16.6 Å². The minimum atomic E-state index is -0.765. The molecule has 2 N–H and O–H groups in total. The average Bonchev–Trinajstić information content (AvgIpc) is 3.03. The zero-order valence-electron chi connectivity index (χ0n) is 14.0. The molecule has 0 saturated heterocycles. The molecule has 3 rings (SSSR count). The highest BCUT2D eigenvalue weighted by molar-refractivity contribution is 9.10. The molecule has 26 heavy (non-hydrogen) atoms. The Kier molecular flexibility index (Phi) is 5.49. The molecular formula is C19H17BrFN3O2. The summed E-state index contributed by atoms with van der Waals surface area (Å²) in [6, 6.07) is 12.7. The Labute approximate surface area is 158 Å². The molecule has 7 heteroatoms. The summed E-state index contributed by atoms with van der Waals surface area (Å²) in [7, 11) is 1.73. The molecule has 0 radical (unpaired) electrons. The lowest BCUT2D eigenvalue weighted by Gasteiger charge is -2.24. The van der Waals surface area contributed by atoms with E-state index in [1.165, 1.54) is 18.4 Å². The summed E-state index contributed by atoms with van der Waals surface area (Å²) in [5.74, 6) is -0.488. The Morgan fingerprint density at radius 1 is 1.31 bits per heavy atom. The van der Waals surface area contributed by atoms with Gasteiger partial charge in [-0.25, -0.2) is 9.37 Å². The zero-order chi connectivity index (χ0) is 18.7. The quantitative estimate of drug-likeness (QED) is 0.659. The molecule has 2 aromatic carbocycles. The van der Waals surface area contributed by atoms with Crippen LogP contribution in [0, 0.1) is 5.82 Å². The highest BCUT2D eigenvalue weighted by Gasteiger charge is 2.24. The zero-order valence-corrected chi connectivity index (χ0v) is 15.6. The Morgan fingerprint density at radius 3 is 2.69 bits per heavy atom. The first-order valence-electron chi connectivity index (χ1n) is 7.89. The molecule has 1 unspecified atom stereocenters. The van der Waals surface area contributed by atoms with Crippen molar-refractivity contribution in [2.75, 3.05) is 7.05 Å². The number of primary amides is 1. The highest BCUT2D eigenvalue weighted by Crippen LogP contribution is 2.24. The smallest absolute Gasteiger partial charge is 0.239 e. The molecule has 1 amide bonds. The first-order chi connectivity index (χ1) is 12.4. The van der Waals surface area contributed by atoms with Crippen LogP contribution >= 0.6 is 15.9 Å². The molecule has 0 aliphatic heterocycles. The van der Waals surface area contributed by atoms with E-state index in [0.717, 1.165) is 10.0 Å². The van der Waals surface area contributed by atoms with Gasteiger partial charge in [-0.3, -0.25) is 9.69 Å². The predicted octanol–water partition coefficient (Wildman–Crippen LogP) is 3.90. The number of aromatic nitrogens is 1. The number of amides is 1. The van der Waals surface area contributed by atoms with Gasteiger partial charge in [0.25, 0.3) is 0 Å². The van der Waals surface area contributed by atoms with E-state index in [1.807, 2.05) is 24.3 Å². The number of hydrogen-bond donors (Lipinski definition) is 1. The SMILES string of the molecule is CN(Cc1coc(-c2ccc(Br)cc2)n1)C(C(N)=O)c1cccc(F)c1. The summed E-state index contributed by atoms with van der Waals surface area (Å²) in [4.78, 5) is 18.1. The summed E-state index contributed by atoms with van der Waals surface area (Å²) < 4.78 is 20.0. The average molecular weight is 418 g/mol. The van der Waals surface area contributed by atoms with E-state index in [0.29, 0.717) is 23.7 Å². The highest BCUT2D eigenvalue weighted by atomic mass is 79.9. The van der Waals surface area contributed by atoms with Gasteiger partial charge >= 0.3 is 0 Å². The molecule has 0 aliphatic carbocycles. The van der Waals surface area contributed by atoms with Gasteiger partial charge in [-0.05, 0) is 49.0 Å². The summed E-state index contributed by atoms with van der Waals surface area (Å²) in [5, 5.41) is 0. The van der Waals surface area contributed by atoms with E-state index < -0.39 is 17.8 Å². The molecule has 134 valence electrons. The van der Waals surface area contributed by atoms with Gasteiger partial charge in [-0.2, -0.15) is 0 Å². The molecule has 1 heterocycles. The monoisotopic (exact) mass is 417 g/mol. The third-order valence-electron chi connectivity index (χ3n) is 3.93. The third-order valence-corrected chi connectivity index (χ3v) is 4.46. The maximum Gasteiger partial charge on any atom is 0.239 e. The molecule has 1 atom stereocenters. The number of carbonyl (C=O) groups is 1. The number of nitrogens with two attached hydrogens (primary N) is 1. The predicted molar refractivity (Wildman–Crippen MR) is 99.4 cm³/mol. The molecule has 0 bridgehead atoms. The van der Waals surface area contributed by atoms with Crippen LogP contribution in [0.2, 0.25) is 0 Å². The van der Waals surface area contributed by atoms with Gasteiger partial charge in [-0.1, -0.05) is 28.1 Å². The first-order valence-corrected chi connectivity index (χ1v) is 8.68. The van der Waals surface area contributed by atoms with Crippen LogP contribution in [0.5, 0.6) is 0 Å². The van der Waals surface area contributed by atoms with Crippen molar-refractivity contribution in [1.29, 1.82) is 0 Å². The Hall–Kier alpha value is -2.51. The van der Waals surface area contributed by atoms with Crippen molar-refractivity contribution in [2.45, 2.75) is 12.6 Å². The van der Waals surface area contributed by atoms with E-state index in [4.69, 9.17) is 10.2 Å². The molecule has 0 fully saturated rings. The fraction of sp³-hybridized carbons (Fsp3) is 0.158. The Balaban J connectivity index is 1.79. The minimum Gasteiger partial charge on any atom is -0.444 e. The van der Waals surface area contributed by atoms with Crippen molar-refractivity contribution in [1.82, 2.24) is 9.88 Å². The van der Waals surface area contributed by atoms with Gasteiger partial charge in [0.15, 0.2) is 0 Å². The second kappa shape index (κ2) is 7.80. The topological polar surface area (TPSA) is 72.4 Å². The van der Waals surface area contributed by atoms with Gasteiger partial charge in [-0.15, -0.1) is 0 Å². The summed E-state index contributed by atoms with van der Waals surface area (Å²) in [6.45, 7) is 0.324. The standard InChI is InChI=1S/C19H17BrFN3O2/c1-24(17(18(22)25)13-3-2-4-15(21)9-13)10-16-11-26-19(23-16)12-5-7-14(20)8-6-12/h2-9,11,17H,10H2,1H3,(H2,22,25). The van der Waals surface area contributed by atoms with E-state index >= 15 is 0 Å². The Morgan fingerprint density at radius 2 is 2.04 bits per heavy atom. The number of carbonyl (C=O) groups excluding carboxylic acids is 1. The summed E-state index contributed by atoms with van der Waals surface area (Å²) >= 11 is 3.38. The molecular weight excluding hydrogens is 401 g/mol. The lowest BCUT2D eigenvalue weighted by molar-refractivity contribution is -0.123. The van der Waals surface area contributed by atoms with E-state index in [2.05, 4.69) is 20.9 Å². The van der Waals surface area contributed by atoms with Gasteiger partial charge < -0.3 is 10.2 Å². The number of rotatable bonds is 6. The maximum absolute atomic E-state index is 13.5. The molecule has 0 spiro atoms. The van der Waals surface area contributed by atoms with Crippen LogP contribution in [-0.4, -0.2) is 22.8 Å². The second-order valence-electron chi connectivity index (χ2n) is 5.93. The number of nitrogens with zero attached hydrogens (tertiary/aromatic N) is 2. The number of oxazole rings is 1. The summed E-state index contributed by atoms with van der Waals surface area (Å²) in [6.07, 6.45) is 1.54. The lowest BCUT2D eigenvalue weighted by Crippen LogP contribution is -2.35. The lowest BCUT2D eigenvalue weighted by atomic mass is 10.0. The normalized spacial score (nSPS) is 12.3. The maximum atomic E-state index is 13.5. The largest absolute Gasteiger partial charge is 0.444 e. The van der Waals surface area contributed by atoms with Crippen LogP contribution in [0.3, 0.4) is 0 Å². The van der Waals surface area contributed by atoms with Crippen molar-refractivity contribution >= 4 is 21.8 Å². The van der Waals surface area contributed by atoms with Crippen LogP contribution in [0.15, 0.2) is 63.7 Å². The van der Waals surface area contributed by atoms with Crippen LogP contribution in [0.4, 0.5) is 4.39 Å². The van der Waals surface area contributed by atoms with Crippen molar-refractivity contribution < 1.29 is 13.6 Å². The van der Waals surface area contributed by atoms with Crippen molar-refractivity contribution in [3.05, 3.63) is 76.3 Å². The molecule has 0 saturated carbocycles.